The molecule has 0 aliphatic heterocycles. The lowest BCUT2D eigenvalue weighted by molar-refractivity contribution is 0.554. The first-order chi connectivity index (χ1) is 6.21. The van der Waals surface area contributed by atoms with Crippen molar-refractivity contribution in [2.24, 2.45) is 11.3 Å². The highest BCUT2D eigenvalue weighted by atomic mass is 14.6. The highest BCUT2D eigenvalue weighted by Gasteiger charge is 2.53. The number of hydrogen-bond acceptors (Lipinski definition) is 0. The highest BCUT2D eigenvalue weighted by Crippen LogP contribution is 2.67. The molecule has 6 aliphatic carbocycles. The molecule has 0 heterocycles. The standard InChI is InChI=1S/C13H12/c1-7-3-8-6-12-11-5-9(4-10(7)11)13(8,12)2/h3,5-7H,4H2,1-2H3. The molecule has 2 atom stereocenters. The van der Waals surface area contributed by atoms with E-state index in [4.69, 9.17) is 0 Å². The smallest absolute Gasteiger partial charge is 0.0392 e. The minimum Gasteiger partial charge on any atom is -0.0731 e. The molecule has 2 unspecified atom stereocenters. The quantitative estimate of drug-likeness (QED) is 0.521. The Labute approximate surface area is 78.3 Å². The van der Waals surface area contributed by atoms with Crippen molar-refractivity contribution in [3.05, 3.63) is 46.1 Å². The molecule has 0 fully saturated rings. The predicted octanol–water partition coefficient (Wildman–Crippen LogP) is 3.15. The van der Waals surface area contributed by atoms with Gasteiger partial charge in [0.25, 0.3) is 0 Å². The van der Waals surface area contributed by atoms with Crippen LogP contribution in [0, 0.1) is 11.3 Å². The Morgan fingerprint density at radius 2 is 2.23 bits per heavy atom. The molecule has 0 radical (unpaired) electrons. The zero-order valence-corrected chi connectivity index (χ0v) is 8.02. The molecule has 0 spiro atoms. The highest BCUT2D eigenvalue weighted by molar-refractivity contribution is 5.78. The third-order valence-corrected chi connectivity index (χ3v) is 4.37. The van der Waals surface area contributed by atoms with Crippen LogP contribution < -0.4 is 0 Å². The summed E-state index contributed by atoms with van der Waals surface area (Å²) < 4.78 is 0. The van der Waals surface area contributed by atoms with Gasteiger partial charge in [-0.2, -0.15) is 0 Å². The summed E-state index contributed by atoms with van der Waals surface area (Å²) in [6.45, 7) is 4.72. The fourth-order valence-corrected chi connectivity index (χ4v) is 3.41. The molecule has 0 amide bonds. The largest absolute Gasteiger partial charge is 0.0731 e. The monoisotopic (exact) mass is 168 g/mol. The first-order valence-corrected chi connectivity index (χ1v) is 5.10. The summed E-state index contributed by atoms with van der Waals surface area (Å²) in [7, 11) is 0. The number of rotatable bonds is 0. The second-order valence-corrected chi connectivity index (χ2v) is 4.88. The lowest BCUT2D eigenvalue weighted by Gasteiger charge is -2.40. The molecule has 64 valence electrons. The van der Waals surface area contributed by atoms with Gasteiger partial charge in [-0.15, -0.1) is 0 Å². The van der Waals surface area contributed by atoms with Crippen LogP contribution in [-0.2, 0) is 0 Å². The van der Waals surface area contributed by atoms with Gasteiger partial charge in [-0.1, -0.05) is 36.3 Å². The van der Waals surface area contributed by atoms with E-state index >= 15 is 0 Å². The normalized spacial score (nSPS) is 42.9. The van der Waals surface area contributed by atoms with Gasteiger partial charge < -0.3 is 0 Å². The Bertz CT molecular complexity index is 466. The Morgan fingerprint density at radius 1 is 1.38 bits per heavy atom. The van der Waals surface area contributed by atoms with Gasteiger partial charge in [-0.05, 0) is 36.0 Å². The van der Waals surface area contributed by atoms with Crippen molar-refractivity contribution in [2.45, 2.75) is 20.3 Å². The maximum Gasteiger partial charge on any atom is 0.0392 e. The summed E-state index contributed by atoms with van der Waals surface area (Å²) in [5, 5.41) is 0. The molecule has 0 nitrogen and oxygen atoms in total. The van der Waals surface area contributed by atoms with Crippen LogP contribution in [0.15, 0.2) is 46.1 Å². The molecule has 0 aromatic heterocycles. The summed E-state index contributed by atoms with van der Waals surface area (Å²) in [4.78, 5) is 0. The maximum atomic E-state index is 2.46. The van der Waals surface area contributed by atoms with Gasteiger partial charge in [0, 0.05) is 5.41 Å². The Kier molecular flexibility index (Phi) is 0.739. The Hall–Kier alpha value is -1.04. The van der Waals surface area contributed by atoms with Crippen LogP contribution in [0.1, 0.15) is 20.3 Å². The summed E-state index contributed by atoms with van der Waals surface area (Å²) in [6.07, 6.45) is 8.55. The molecule has 0 saturated heterocycles. The average molecular weight is 168 g/mol. The average Bonchev–Trinajstić information content (AvgIpc) is 2.52. The molecular formula is C13H12. The van der Waals surface area contributed by atoms with E-state index in [2.05, 4.69) is 32.1 Å². The zero-order chi connectivity index (χ0) is 8.79. The first kappa shape index (κ1) is 6.42. The lowest BCUT2D eigenvalue weighted by atomic mass is 9.62. The van der Waals surface area contributed by atoms with Crippen molar-refractivity contribution in [1.82, 2.24) is 0 Å². The van der Waals surface area contributed by atoms with Crippen molar-refractivity contribution >= 4 is 0 Å². The summed E-state index contributed by atoms with van der Waals surface area (Å²) in [5.74, 6) is 0.678. The van der Waals surface area contributed by atoms with Crippen molar-refractivity contribution < 1.29 is 0 Å². The van der Waals surface area contributed by atoms with E-state index in [0.717, 1.165) is 0 Å². The summed E-state index contributed by atoms with van der Waals surface area (Å²) in [6, 6.07) is 0. The molecule has 0 aromatic rings. The summed E-state index contributed by atoms with van der Waals surface area (Å²) >= 11 is 0. The van der Waals surface area contributed by atoms with Crippen LogP contribution in [0.2, 0.25) is 0 Å². The van der Waals surface area contributed by atoms with Crippen LogP contribution in [-0.4, -0.2) is 0 Å². The van der Waals surface area contributed by atoms with Crippen LogP contribution in [0.25, 0.3) is 0 Å². The number of hydrogen-bond donors (Lipinski definition) is 0. The molecule has 6 bridgehead atoms. The third-order valence-electron chi connectivity index (χ3n) is 4.37. The fourth-order valence-electron chi connectivity index (χ4n) is 3.41. The van der Waals surface area contributed by atoms with Gasteiger partial charge in [0.05, 0.1) is 0 Å². The van der Waals surface area contributed by atoms with E-state index in [9.17, 15) is 0 Å². The first-order valence-electron chi connectivity index (χ1n) is 5.10. The van der Waals surface area contributed by atoms with Crippen molar-refractivity contribution in [3.63, 3.8) is 0 Å². The summed E-state index contributed by atoms with van der Waals surface area (Å²) in [5.41, 5.74) is 8.46. The third kappa shape index (κ3) is 0.435. The zero-order valence-electron chi connectivity index (χ0n) is 8.02. The second-order valence-electron chi connectivity index (χ2n) is 4.88. The fraction of sp³-hybridized carbons (Fsp3) is 0.385. The number of allylic oxidation sites excluding steroid dienone is 8. The van der Waals surface area contributed by atoms with E-state index in [-0.39, 0.29) is 0 Å². The van der Waals surface area contributed by atoms with E-state index in [1.807, 2.05) is 0 Å². The molecular weight excluding hydrogens is 156 g/mol. The molecule has 6 rings (SSSR count). The Balaban J connectivity index is 2.18. The van der Waals surface area contributed by atoms with Gasteiger partial charge in [0.1, 0.15) is 0 Å². The second kappa shape index (κ2) is 1.50. The maximum absolute atomic E-state index is 2.46. The van der Waals surface area contributed by atoms with Gasteiger partial charge in [0.2, 0.25) is 0 Å². The van der Waals surface area contributed by atoms with Crippen LogP contribution in [0.3, 0.4) is 0 Å². The van der Waals surface area contributed by atoms with E-state index < -0.39 is 0 Å². The topological polar surface area (TPSA) is 0 Å². The van der Waals surface area contributed by atoms with Gasteiger partial charge in [-0.3, -0.25) is 0 Å². The van der Waals surface area contributed by atoms with E-state index in [1.54, 1.807) is 27.9 Å². The molecule has 13 heavy (non-hydrogen) atoms. The molecule has 0 saturated carbocycles. The SMILES string of the molecule is CC1C=C2C=C3C4=C1CC(=C4)C23C. The van der Waals surface area contributed by atoms with Crippen molar-refractivity contribution in [1.29, 1.82) is 0 Å². The Morgan fingerprint density at radius 3 is 3.00 bits per heavy atom. The van der Waals surface area contributed by atoms with Crippen molar-refractivity contribution in [2.75, 3.05) is 0 Å². The predicted molar refractivity (Wildman–Crippen MR) is 53.2 cm³/mol. The molecule has 0 N–H and O–H groups in total. The van der Waals surface area contributed by atoms with Crippen LogP contribution in [0.4, 0.5) is 0 Å². The van der Waals surface area contributed by atoms with Crippen LogP contribution in [0.5, 0.6) is 0 Å². The molecule has 0 aromatic carbocycles. The van der Waals surface area contributed by atoms with E-state index in [0.29, 0.717) is 11.3 Å². The van der Waals surface area contributed by atoms with Gasteiger partial charge >= 0.3 is 0 Å². The van der Waals surface area contributed by atoms with Crippen molar-refractivity contribution in [3.8, 4) is 0 Å². The lowest BCUT2D eigenvalue weighted by Crippen LogP contribution is -2.29. The van der Waals surface area contributed by atoms with Gasteiger partial charge in [-0.25, -0.2) is 0 Å². The van der Waals surface area contributed by atoms with Gasteiger partial charge in [0.15, 0.2) is 0 Å². The minimum atomic E-state index is 0.365. The van der Waals surface area contributed by atoms with E-state index in [1.165, 1.54) is 6.42 Å². The van der Waals surface area contributed by atoms with Crippen LogP contribution >= 0.6 is 0 Å². The molecule has 6 aliphatic rings. The minimum absolute atomic E-state index is 0.365. The molecule has 0 heteroatoms.